The summed E-state index contributed by atoms with van der Waals surface area (Å²) in [6.45, 7) is 0.247. The minimum Gasteiger partial charge on any atom is -0.481 e. The van der Waals surface area contributed by atoms with E-state index < -0.39 is 11.9 Å². The predicted octanol–water partition coefficient (Wildman–Crippen LogP) is 2.33. The summed E-state index contributed by atoms with van der Waals surface area (Å²) in [4.78, 5) is 27.6. The highest BCUT2D eigenvalue weighted by molar-refractivity contribution is 5.75. The third-order valence-corrected chi connectivity index (χ3v) is 3.00. The van der Waals surface area contributed by atoms with Gasteiger partial charge in [0.05, 0.1) is 17.0 Å². The zero-order chi connectivity index (χ0) is 14.5. The van der Waals surface area contributed by atoms with Crippen LogP contribution in [0.15, 0.2) is 48.8 Å². The fraction of sp³-hybridized carbons (Fsp3) is 0.214. The fourth-order valence-corrected chi connectivity index (χ4v) is 1.98. The van der Waals surface area contributed by atoms with Gasteiger partial charge in [0, 0.05) is 18.8 Å². The molecule has 1 atom stereocenters. The zero-order valence-electron chi connectivity index (χ0n) is 11.0. The summed E-state index contributed by atoms with van der Waals surface area (Å²) < 4.78 is 1.66. The van der Waals surface area contributed by atoms with Gasteiger partial charge in [-0.25, -0.2) is 4.84 Å². The van der Waals surface area contributed by atoms with Crippen LogP contribution in [0.4, 0.5) is 5.69 Å². The maximum Gasteiger partial charge on any atom is 0.334 e. The molecule has 2 aromatic rings. The Labute approximate surface area is 115 Å². The number of aromatic nitrogens is 1. The van der Waals surface area contributed by atoms with E-state index in [0.717, 1.165) is 5.56 Å². The Bertz CT molecular complexity index is 607. The molecule has 2 rings (SSSR count). The van der Waals surface area contributed by atoms with Crippen molar-refractivity contribution in [2.75, 3.05) is 7.11 Å². The van der Waals surface area contributed by atoms with Crippen molar-refractivity contribution in [3.05, 3.63) is 59.3 Å². The normalized spacial score (nSPS) is 11.8. The molecule has 0 fully saturated rings. The molecule has 0 aliphatic rings. The SMILES string of the molecule is CO[N+](=O)c1ccn(C[C@H](C(=O)O)c2ccccc2)c1. The second-order valence-corrected chi connectivity index (χ2v) is 4.31. The first-order chi connectivity index (χ1) is 9.61. The number of aliphatic carboxylic acids is 1. The molecule has 1 heterocycles. The van der Waals surface area contributed by atoms with Crippen LogP contribution in [0.3, 0.4) is 0 Å². The van der Waals surface area contributed by atoms with Crippen molar-refractivity contribution in [3.8, 4) is 0 Å². The Balaban J connectivity index is 2.19. The minimum atomic E-state index is -0.905. The molecule has 0 amide bonds. The molecule has 0 aliphatic carbocycles. The third kappa shape index (κ3) is 3.03. The van der Waals surface area contributed by atoms with E-state index >= 15 is 0 Å². The Morgan fingerprint density at radius 1 is 1.35 bits per heavy atom. The first-order valence-corrected chi connectivity index (χ1v) is 6.06. The summed E-state index contributed by atoms with van der Waals surface area (Å²) in [5, 5.41) is 9.34. The molecule has 0 saturated carbocycles. The average molecular weight is 275 g/mol. The van der Waals surface area contributed by atoms with E-state index in [1.165, 1.54) is 7.11 Å². The standard InChI is InChI=1S/C14H14N2O4/c1-20-16(19)12-7-8-15(9-12)10-13(14(17)18)11-5-3-2-4-6-11/h2-9,13H,10H2,1H3/p+1/t13-/m0/s1. The molecule has 6 heteroatoms. The number of benzene rings is 1. The lowest BCUT2D eigenvalue weighted by molar-refractivity contribution is -0.736. The average Bonchev–Trinajstić information content (AvgIpc) is 2.93. The maximum absolute atomic E-state index is 11.4. The van der Waals surface area contributed by atoms with Crippen LogP contribution in [0.2, 0.25) is 0 Å². The summed E-state index contributed by atoms with van der Waals surface area (Å²) in [5.74, 6) is -1.57. The molecule has 20 heavy (non-hydrogen) atoms. The van der Waals surface area contributed by atoms with Gasteiger partial charge in [-0.3, -0.25) is 4.79 Å². The molecule has 0 spiro atoms. The molecular formula is C14H15N2O4+. The quantitative estimate of drug-likeness (QED) is 0.821. The highest BCUT2D eigenvalue weighted by Gasteiger charge is 2.22. The van der Waals surface area contributed by atoms with Gasteiger partial charge in [-0.15, -0.1) is 0 Å². The van der Waals surface area contributed by atoms with Crippen LogP contribution in [0.5, 0.6) is 0 Å². The number of carboxylic acids is 1. The van der Waals surface area contributed by atoms with Crippen molar-refractivity contribution >= 4 is 11.7 Å². The van der Waals surface area contributed by atoms with Gasteiger partial charge < -0.3 is 9.67 Å². The first-order valence-electron chi connectivity index (χ1n) is 6.06. The van der Waals surface area contributed by atoms with Gasteiger partial charge in [0.15, 0.2) is 7.11 Å². The van der Waals surface area contributed by atoms with Crippen molar-refractivity contribution < 1.29 is 19.7 Å². The van der Waals surface area contributed by atoms with E-state index in [4.69, 9.17) is 0 Å². The van der Waals surface area contributed by atoms with Crippen molar-refractivity contribution in [3.63, 3.8) is 0 Å². The molecule has 6 nitrogen and oxygen atoms in total. The Kier molecular flexibility index (Phi) is 4.14. The van der Waals surface area contributed by atoms with Gasteiger partial charge in [-0.1, -0.05) is 30.3 Å². The fourth-order valence-electron chi connectivity index (χ4n) is 1.98. The summed E-state index contributed by atoms with van der Waals surface area (Å²) >= 11 is 0. The first kappa shape index (κ1) is 13.8. The lowest BCUT2D eigenvalue weighted by atomic mass is 9.99. The second kappa shape index (κ2) is 6.01. The molecular weight excluding hydrogens is 260 g/mol. The van der Waals surface area contributed by atoms with Gasteiger partial charge in [0.2, 0.25) is 0 Å². The van der Waals surface area contributed by atoms with Crippen LogP contribution in [0.1, 0.15) is 11.5 Å². The Morgan fingerprint density at radius 3 is 2.65 bits per heavy atom. The van der Waals surface area contributed by atoms with Crippen LogP contribution in [-0.2, 0) is 16.2 Å². The van der Waals surface area contributed by atoms with E-state index in [-0.39, 0.29) is 6.54 Å². The maximum atomic E-state index is 11.4. The molecule has 1 N–H and O–H groups in total. The Hall–Kier alpha value is -2.63. The van der Waals surface area contributed by atoms with Crippen LogP contribution >= 0.6 is 0 Å². The van der Waals surface area contributed by atoms with Gasteiger partial charge in [-0.05, 0) is 5.56 Å². The van der Waals surface area contributed by atoms with Crippen molar-refractivity contribution in [1.82, 2.24) is 4.57 Å². The van der Waals surface area contributed by atoms with Crippen LogP contribution in [0, 0.1) is 4.91 Å². The van der Waals surface area contributed by atoms with Crippen molar-refractivity contribution in [1.29, 1.82) is 0 Å². The molecule has 104 valence electrons. The highest BCUT2D eigenvalue weighted by Crippen LogP contribution is 2.20. The van der Waals surface area contributed by atoms with E-state index in [1.54, 1.807) is 47.3 Å². The molecule has 1 aromatic heterocycles. The number of carboxylic acid groups (broad SMARTS) is 1. The third-order valence-electron chi connectivity index (χ3n) is 3.00. The minimum absolute atomic E-state index is 0.247. The van der Waals surface area contributed by atoms with E-state index in [1.807, 2.05) is 6.07 Å². The van der Waals surface area contributed by atoms with Gasteiger partial charge in [-0.2, -0.15) is 0 Å². The lowest BCUT2D eigenvalue weighted by Gasteiger charge is -2.13. The Morgan fingerprint density at radius 2 is 2.05 bits per heavy atom. The number of rotatable bonds is 6. The number of nitrogens with zero attached hydrogens (tertiary/aromatic N) is 2. The van der Waals surface area contributed by atoms with Gasteiger partial charge in [0.1, 0.15) is 0 Å². The van der Waals surface area contributed by atoms with Crippen LogP contribution < -0.4 is 0 Å². The number of carbonyl (C=O) groups is 1. The van der Waals surface area contributed by atoms with Gasteiger partial charge >= 0.3 is 11.7 Å². The highest BCUT2D eigenvalue weighted by atomic mass is 16.8. The van der Waals surface area contributed by atoms with Crippen LogP contribution in [-0.4, -0.2) is 27.7 Å². The molecule has 0 saturated heterocycles. The molecule has 0 bridgehead atoms. The smallest absolute Gasteiger partial charge is 0.334 e. The summed E-state index contributed by atoms with van der Waals surface area (Å²) in [5.41, 5.74) is 1.05. The molecule has 1 aromatic carbocycles. The number of hydrogen-bond acceptors (Lipinski definition) is 3. The summed E-state index contributed by atoms with van der Waals surface area (Å²) in [6.07, 6.45) is 3.20. The van der Waals surface area contributed by atoms with E-state index in [9.17, 15) is 14.8 Å². The monoisotopic (exact) mass is 275 g/mol. The van der Waals surface area contributed by atoms with Gasteiger partial charge in [0.25, 0.3) is 4.92 Å². The van der Waals surface area contributed by atoms with Crippen molar-refractivity contribution in [2.24, 2.45) is 0 Å². The lowest BCUT2D eigenvalue weighted by Crippen LogP contribution is -2.17. The zero-order valence-corrected chi connectivity index (χ0v) is 11.0. The molecule has 0 radical (unpaired) electrons. The summed E-state index contributed by atoms with van der Waals surface area (Å²) in [7, 11) is 1.27. The summed E-state index contributed by atoms with van der Waals surface area (Å²) in [6, 6.07) is 10.6. The largest absolute Gasteiger partial charge is 0.481 e. The molecule has 0 aliphatic heterocycles. The van der Waals surface area contributed by atoms with Crippen molar-refractivity contribution in [2.45, 2.75) is 12.5 Å². The molecule has 0 unspecified atom stereocenters. The van der Waals surface area contributed by atoms with E-state index in [2.05, 4.69) is 4.84 Å². The van der Waals surface area contributed by atoms with E-state index in [0.29, 0.717) is 10.6 Å². The number of hydrogen-bond donors (Lipinski definition) is 1. The second-order valence-electron chi connectivity index (χ2n) is 4.31. The predicted molar refractivity (Wildman–Crippen MR) is 71.5 cm³/mol. The topological polar surface area (TPSA) is 71.5 Å². The van der Waals surface area contributed by atoms with Crippen LogP contribution in [0.25, 0.3) is 0 Å².